The average molecular weight is 167 g/mol. The van der Waals surface area contributed by atoms with E-state index in [1.54, 1.807) is 6.33 Å². The van der Waals surface area contributed by atoms with Gasteiger partial charge in [0.25, 0.3) is 0 Å². The number of nitrogens with zero attached hydrogens (tertiary/aromatic N) is 2. The van der Waals surface area contributed by atoms with Crippen molar-refractivity contribution in [1.29, 1.82) is 0 Å². The first-order valence-corrected chi connectivity index (χ1v) is 4.53. The van der Waals surface area contributed by atoms with Crippen molar-refractivity contribution in [2.24, 2.45) is 5.92 Å². The van der Waals surface area contributed by atoms with Crippen LogP contribution in [0.25, 0.3) is 0 Å². The average Bonchev–Trinajstić information content (AvgIpc) is 2.47. The summed E-state index contributed by atoms with van der Waals surface area (Å²) in [4.78, 5) is 3.98. The van der Waals surface area contributed by atoms with E-state index in [2.05, 4.69) is 23.4 Å². The third-order valence-electron chi connectivity index (χ3n) is 2.28. The second kappa shape index (κ2) is 4.14. The van der Waals surface area contributed by atoms with Crippen LogP contribution in [-0.4, -0.2) is 9.55 Å². The summed E-state index contributed by atoms with van der Waals surface area (Å²) in [5.41, 5.74) is 5.51. The lowest BCUT2D eigenvalue weighted by Crippen LogP contribution is -2.07. The van der Waals surface area contributed by atoms with Crippen LogP contribution in [0.3, 0.4) is 0 Å². The molecule has 0 saturated carbocycles. The molecule has 0 aliphatic carbocycles. The van der Waals surface area contributed by atoms with Crippen LogP contribution in [0.15, 0.2) is 12.5 Å². The molecule has 0 unspecified atom stereocenters. The molecule has 0 saturated heterocycles. The lowest BCUT2D eigenvalue weighted by Gasteiger charge is -2.11. The normalized spacial score (nSPS) is 10.9. The molecule has 2 N–H and O–H groups in total. The van der Waals surface area contributed by atoms with Crippen LogP contribution >= 0.6 is 0 Å². The van der Waals surface area contributed by atoms with Gasteiger partial charge in [0.2, 0.25) is 0 Å². The Labute approximate surface area is 73.6 Å². The van der Waals surface area contributed by atoms with Gasteiger partial charge in [-0.15, -0.1) is 0 Å². The van der Waals surface area contributed by atoms with Gasteiger partial charge in [-0.2, -0.15) is 0 Å². The summed E-state index contributed by atoms with van der Waals surface area (Å²) in [5.74, 6) is 1.36. The van der Waals surface area contributed by atoms with Crippen LogP contribution in [0, 0.1) is 5.92 Å². The summed E-state index contributed by atoms with van der Waals surface area (Å²) in [7, 11) is 0. The molecule has 3 nitrogen and oxygen atoms in total. The van der Waals surface area contributed by atoms with Crippen molar-refractivity contribution in [3.63, 3.8) is 0 Å². The molecule has 68 valence electrons. The Balaban J connectivity index is 2.50. The molecule has 0 amide bonds. The fourth-order valence-electron chi connectivity index (χ4n) is 1.32. The predicted octanol–water partition coefficient (Wildman–Crippen LogP) is 1.90. The van der Waals surface area contributed by atoms with E-state index < -0.39 is 0 Å². The van der Waals surface area contributed by atoms with E-state index in [0.29, 0.717) is 5.82 Å². The van der Waals surface area contributed by atoms with Crippen molar-refractivity contribution in [2.75, 3.05) is 5.73 Å². The zero-order valence-corrected chi connectivity index (χ0v) is 7.83. The first-order valence-electron chi connectivity index (χ1n) is 4.53. The molecule has 0 aliphatic rings. The summed E-state index contributed by atoms with van der Waals surface area (Å²) < 4.78 is 2.06. The van der Waals surface area contributed by atoms with E-state index >= 15 is 0 Å². The van der Waals surface area contributed by atoms with Crippen LogP contribution in [0.5, 0.6) is 0 Å². The molecular weight excluding hydrogens is 150 g/mol. The Hall–Kier alpha value is -0.990. The Morgan fingerprint density at radius 1 is 1.50 bits per heavy atom. The van der Waals surface area contributed by atoms with E-state index in [1.807, 2.05) is 6.20 Å². The third-order valence-corrected chi connectivity index (χ3v) is 2.28. The van der Waals surface area contributed by atoms with Gasteiger partial charge in [0, 0.05) is 12.7 Å². The molecule has 1 aromatic heterocycles. The zero-order chi connectivity index (χ0) is 8.97. The van der Waals surface area contributed by atoms with Crippen LogP contribution in [0.1, 0.15) is 26.7 Å². The third kappa shape index (κ3) is 2.26. The molecule has 1 rings (SSSR count). The van der Waals surface area contributed by atoms with Crippen LogP contribution in [0.2, 0.25) is 0 Å². The minimum atomic E-state index is 0.612. The van der Waals surface area contributed by atoms with E-state index in [0.717, 1.165) is 12.5 Å². The molecule has 1 heterocycles. The lowest BCUT2D eigenvalue weighted by molar-refractivity contribution is 0.418. The highest BCUT2D eigenvalue weighted by atomic mass is 15.1. The molecule has 1 aromatic rings. The summed E-state index contributed by atoms with van der Waals surface area (Å²) >= 11 is 0. The van der Waals surface area contributed by atoms with E-state index in [9.17, 15) is 0 Å². The van der Waals surface area contributed by atoms with E-state index in [1.165, 1.54) is 12.8 Å². The van der Waals surface area contributed by atoms with Crippen LogP contribution in [-0.2, 0) is 6.54 Å². The molecule has 0 atom stereocenters. The molecule has 0 aromatic carbocycles. The van der Waals surface area contributed by atoms with Crippen molar-refractivity contribution < 1.29 is 0 Å². The van der Waals surface area contributed by atoms with Crippen molar-refractivity contribution in [3.05, 3.63) is 12.5 Å². The second-order valence-corrected chi connectivity index (χ2v) is 3.18. The van der Waals surface area contributed by atoms with Gasteiger partial charge >= 0.3 is 0 Å². The van der Waals surface area contributed by atoms with Gasteiger partial charge in [0.05, 0.1) is 6.33 Å². The standard InChI is InChI=1S/C9H17N3/c1-3-8(4-2)5-12-6-9(10)11-7-12/h6-8H,3-5,10H2,1-2H3. The number of anilines is 1. The highest BCUT2D eigenvalue weighted by Crippen LogP contribution is 2.11. The lowest BCUT2D eigenvalue weighted by atomic mass is 10.0. The topological polar surface area (TPSA) is 43.8 Å². The first kappa shape index (κ1) is 9.10. The quantitative estimate of drug-likeness (QED) is 0.744. The van der Waals surface area contributed by atoms with Crippen LogP contribution < -0.4 is 5.73 Å². The summed E-state index contributed by atoms with van der Waals surface area (Å²) in [6.07, 6.45) is 6.12. The maximum Gasteiger partial charge on any atom is 0.141 e. The van der Waals surface area contributed by atoms with Gasteiger partial charge < -0.3 is 10.3 Å². The summed E-state index contributed by atoms with van der Waals surface area (Å²) in [5, 5.41) is 0. The smallest absolute Gasteiger partial charge is 0.141 e. The summed E-state index contributed by atoms with van der Waals surface area (Å²) in [6, 6.07) is 0. The second-order valence-electron chi connectivity index (χ2n) is 3.18. The van der Waals surface area contributed by atoms with E-state index in [-0.39, 0.29) is 0 Å². The minimum Gasteiger partial charge on any atom is -0.382 e. The van der Waals surface area contributed by atoms with Gasteiger partial charge in [0.1, 0.15) is 5.82 Å². The van der Waals surface area contributed by atoms with Gasteiger partial charge in [-0.3, -0.25) is 0 Å². The molecule has 0 spiro atoms. The maximum atomic E-state index is 5.51. The number of rotatable bonds is 4. The van der Waals surface area contributed by atoms with Crippen molar-refractivity contribution >= 4 is 5.82 Å². The number of hydrogen-bond acceptors (Lipinski definition) is 2. The molecular formula is C9H17N3. The fraction of sp³-hybridized carbons (Fsp3) is 0.667. The zero-order valence-electron chi connectivity index (χ0n) is 7.83. The van der Waals surface area contributed by atoms with Gasteiger partial charge in [-0.1, -0.05) is 26.7 Å². The van der Waals surface area contributed by atoms with Gasteiger partial charge in [-0.05, 0) is 5.92 Å². The Morgan fingerprint density at radius 3 is 2.58 bits per heavy atom. The minimum absolute atomic E-state index is 0.612. The van der Waals surface area contributed by atoms with Crippen molar-refractivity contribution in [2.45, 2.75) is 33.2 Å². The van der Waals surface area contributed by atoms with E-state index in [4.69, 9.17) is 5.73 Å². The number of nitrogen functional groups attached to an aromatic ring is 1. The number of imidazole rings is 1. The number of nitrogens with two attached hydrogens (primary N) is 1. The molecule has 0 aliphatic heterocycles. The molecule has 3 heteroatoms. The predicted molar refractivity (Wildman–Crippen MR) is 50.7 cm³/mol. The molecule has 12 heavy (non-hydrogen) atoms. The van der Waals surface area contributed by atoms with Gasteiger partial charge in [0.15, 0.2) is 0 Å². The fourth-order valence-corrected chi connectivity index (χ4v) is 1.32. The number of aromatic nitrogens is 2. The Bertz CT molecular complexity index is 225. The van der Waals surface area contributed by atoms with Crippen LogP contribution in [0.4, 0.5) is 5.82 Å². The Morgan fingerprint density at radius 2 is 2.17 bits per heavy atom. The molecule has 0 radical (unpaired) electrons. The molecule has 0 bridgehead atoms. The summed E-state index contributed by atoms with van der Waals surface area (Å²) in [6.45, 7) is 5.47. The van der Waals surface area contributed by atoms with Gasteiger partial charge in [-0.25, -0.2) is 4.98 Å². The number of hydrogen-bond donors (Lipinski definition) is 1. The highest BCUT2D eigenvalue weighted by molar-refractivity contribution is 5.22. The molecule has 0 fully saturated rings. The largest absolute Gasteiger partial charge is 0.382 e. The maximum absolute atomic E-state index is 5.51. The SMILES string of the molecule is CCC(CC)Cn1cnc(N)c1. The highest BCUT2D eigenvalue weighted by Gasteiger charge is 2.03. The van der Waals surface area contributed by atoms with Crippen molar-refractivity contribution in [1.82, 2.24) is 9.55 Å². The monoisotopic (exact) mass is 167 g/mol. The Kier molecular flexibility index (Phi) is 3.14. The van der Waals surface area contributed by atoms with Crippen molar-refractivity contribution in [3.8, 4) is 0 Å². The first-order chi connectivity index (χ1) is 5.76.